The molecule has 1 amide bonds. The predicted molar refractivity (Wildman–Crippen MR) is 86.0 cm³/mol. The maximum Gasteiger partial charge on any atom is 0.272 e. The zero-order valence-electron chi connectivity index (χ0n) is 12.5. The maximum absolute atomic E-state index is 11.9. The summed E-state index contributed by atoms with van der Waals surface area (Å²) in [5.74, 6) is -0.628. The van der Waals surface area contributed by atoms with Crippen molar-refractivity contribution in [2.24, 2.45) is 5.10 Å². The Hall–Kier alpha value is -3.62. The lowest BCUT2D eigenvalue weighted by atomic mass is 10.1. The number of nitro benzene ring substituents is 2. The van der Waals surface area contributed by atoms with Gasteiger partial charge in [-0.1, -0.05) is 18.2 Å². The second kappa shape index (κ2) is 7.09. The second-order valence-electron chi connectivity index (χ2n) is 4.81. The molecule has 0 aliphatic heterocycles. The van der Waals surface area contributed by atoms with E-state index in [0.717, 1.165) is 6.07 Å². The van der Waals surface area contributed by atoms with Crippen LogP contribution in [0.4, 0.5) is 11.4 Å². The molecule has 2 aromatic carbocycles. The molecular formula is C15H12N4O5. The third kappa shape index (κ3) is 3.97. The molecule has 0 radical (unpaired) electrons. The first-order chi connectivity index (χ1) is 11.4. The molecule has 0 aliphatic carbocycles. The zero-order valence-corrected chi connectivity index (χ0v) is 12.5. The van der Waals surface area contributed by atoms with Crippen molar-refractivity contribution < 1.29 is 14.6 Å². The molecule has 0 aliphatic rings. The van der Waals surface area contributed by atoms with Gasteiger partial charge in [-0.05, 0) is 13.0 Å². The minimum absolute atomic E-state index is 0.0519. The first-order valence-electron chi connectivity index (χ1n) is 6.71. The van der Waals surface area contributed by atoms with E-state index in [-0.39, 0.29) is 16.9 Å². The molecule has 9 heteroatoms. The Morgan fingerprint density at radius 2 is 1.88 bits per heavy atom. The van der Waals surface area contributed by atoms with Gasteiger partial charge in [0, 0.05) is 34.9 Å². The van der Waals surface area contributed by atoms with Gasteiger partial charge >= 0.3 is 0 Å². The number of hydrogen-bond acceptors (Lipinski definition) is 6. The number of carbonyl (C=O) groups is 1. The van der Waals surface area contributed by atoms with Crippen molar-refractivity contribution in [2.45, 2.75) is 6.92 Å². The molecule has 9 nitrogen and oxygen atoms in total. The van der Waals surface area contributed by atoms with E-state index in [9.17, 15) is 25.0 Å². The quantitative estimate of drug-likeness (QED) is 0.512. The minimum Gasteiger partial charge on any atom is -0.267 e. The predicted octanol–water partition coefficient (Wildman–Crippen LogP) is 2.58. The molecule has 0 heterocycles. The van der Waals surface area contributed by atoms with Gasteiger partial charge < -0.3 is 0 Å². The van der Waals surface area contributed by atoms with Crippen LogP contribution >= 0.6 is 0 Å². The Labute approximate surface area is 135 Å². The highest BCUT2D eigenvalue weighted by atomic mass is 16.6. The first kappa shape index (κ1) is 16.7. The lowest BCUT2D eigenvalue weighted by molar-refractivity contribution is -0.385. The van der Waals surface area contributed by atoms with Crippen molar-refractivity contribution in [2.75, 3.05) is 0 Å². The van der Waals surface area contributed by atoms with Gasteiger partial charge in [-0.2, -0.15) is 5.10 Å². The van der Waals surface area contributed by atoms with Crippen LogP contribution in [0.25, 0.3) is 0 Å². The van der Waals surface area contributed by atoms with Gasteiger partial charge in [-0.3, -0.25) is 25.0 Å². The molecule has 2 aromatic rings. The average molecular weight is 328 g/mol. The van der Waals surface area contributed by atoms with E-state index < -0.39 is 15.8 Å². The summed E-state index contributed by atoms with van der Waals surface area (Å²) in [6.45, 7) is 1.61. The van der Waals surface area contributed by atoms with Crippen molar-refractivity contribution in [3.8, 4) is 0 Å². The van der Waals surface area contributed by atoms with Crippen molar-refractivity contribution >= 4 is 23.5 Å². The van der Waals surface area contributed by atoms with E-state index in [2.05, 4.69) is 10.5 Å². The summed E-state index contributed by atoms with van der Waals surface area (Å²) in [7, 11) is 0. The Kier molecular flexibility index (Phi) is 4.95. The van der Waals surface area contributed by atoms with Gasteiger partial charge in [0.1, 0.15) is 0 Å². The lowest BCUT2D eigenvalue weighted by Crippen LogP contribution is -2.17. The number of nitrogens with one attached hydrogen (secondary N) is 1. The molecular weight excluding hydrogens is 316 g/mol. The number of nitrogens with zero attached hydrogens (tertiary/aromatic N) is 3. The number of aryl methyl sites for hydroxylation is 1. The topological polar surface area (TPSA) is 128 Å². The van der Waals surface area contributed by atoms with Crippen LogP contribution in [-0.2, 0) is 0 Å². The van der Waals surface area contributed by atoms with Crippen LogP contribution in [0.15, 0.2) is 47.6 Å². The molecule has 0 aromatic heterocycles. The van der Waals surface area contributed by atoms with E-state index in [1.54, 1.807) is 19.1 Å². The zero-order chi connectivity index (χ0) is 17.7. The first-order valence-corrected chi connectivity index (χ1v) is 6.71. The van der Waals surface area contributed by atoms with Gasteiger partial charge in [-0.15, -0.1) is 0 Å². The van der Waals surface area contributed by atoms with Crippen LogP contribution in [0.1, 0.15) is 21.5 Å². The number of non-ortho nitro benzene ring substituents is 1. The van der Waals surface area contributed by atoms with Gasteiger partial charge in [0.15, 0.2) is 0 Å². The highest BCUT2D eigenvalue weighted by Gasteiger charge is 2.11. The summed E-state index contributed by atoms with van der Waals surface area (Å²) in [6, 6.07) is 9.72. The minimum atomic E-state index is -0.628. The van der Waals surface area contributed by atoms with Crippen molar-refractivity contribution in [1.82, 2.24) is 5.43 Å². The molecule has 2 rings (SSSR count). The van der Waals surface area contributed by atoms with Crippen molar-refractivity contribution in [1.29, 1.82) is 0 Å². The summed E-state index contributed by atoms with van der Waals surface area (Å²) >= 11 is 0. The van der Waals surface area contributed by atoms with Crippen LogP contribution in [-0.4, -0.2) is 22.0 Å². The van der Waals surface area contributed by atoms with E-state index in [0.29, 0.717) is 11.1 Å². The van der Waals surface area contributed by atoms with Gasteiger partial charge in [-0.25, -0.2) is 5.43 Å². The SMILES string of the molecule is Cc1ccc(/C=N/NC(=O)c2cccc([N+](=O)[O-])c2)cc1[N+](=O)[O-]. The second-order valence-corrected chi connectivity index (χ2v) is 4.81. The summed E-state index contributed by atoms with van der Waals surface area (Å²) in [4.78, 5) is 32.3. The van der Waals surface area contributed by atoms with Crippen LogP contribution in [0, 0.1) is 27.2 Å². The number of hydrazone groups is 1. The molecule has 24 heavy (non-hydrogen) atoms. The number of amides is 1. The molecule has 0 atom stereocenters. The fraction of sp³-hybridized carbons (Fsp3) is 0.0667. The fourth-order valence-corrected chi connectivity index (χ4v) is 1.89. The molecule has 0 spiro atoms. The van der Waals surface area contributed by atoms with Crippen molar-refractivity contribution in [3.63, 3.8) is 0 Å². The van der Waals surface area contributed by atoms with E-state index in [1.807, 2.05) is 0 Å². The van der Waals surface area contributed by atoms with E-state index in [1.165, 1.54) is 30.5 Å². The molecule has 0 saturated carbocycles. The Bertz CT molecular complexity index is 848. The smallest absolute Gasteiger partial charge is 0.267 e. The summed E-state index contributed by atoms with van der Waals surface area (Å²) in [5.41, 5.74) is 2.98. The van der Waals surface area contributed by atoms with Crippen LogP contribution in [0.3, 0.4) is 0 Å². The maximum atomic E-state index is 11.9. The van der Waals surface area contributed by atoms with Gasteiger partial charge in [0.25, 0.3) is 17.3 Å². The van der Waals surface area contributed by atoms with Crippen LogP contribution < -0.4 is 5.43 Å². The highest BCUT2D eigenvalue weighted by Crippen LogP contribution is 2.18. The Balaban J connectivity index is 2.10. The summed E-state index contributed by atoms with van der Waals surface area (Å²) in [5, 5.41) is 25.2. The molecule has 122 valence electrons. The lowest BCUT2D eigenvalue weighted by Gasteiger charge is -2.00. The number of hydrogen-bond donors (Lipinski definition) is 1. The average Bonchev–Trinajstić information content (AvgIpc) is 2.56. The number of nitro groups is 2. The highest BCUT2D eigenvalue weighted by molar-refractivity contribution is 5.95. The Morgan fingerprint density at radius 1 is 1.12 bits per heavy atom. The number of rotatable bonds is 5. The molecule has 0 bridgehead atoms. The summed E-state index contributed by atoms with van der Waals surface area (Å²) in [6.07, 6.45) is 1.25. The Morgan fingerprint density at radius 3 is 2.54 bits per heavy atom. The monoisotopic (exact) mass is 328 g/mol. The standard InChI is InChI=1S/C15H12N4O5/c1-10-5-6-11(7-14(10)19(23)24)9-16-17-15(20)12-3-2-4-13(8-12)18(21)22/h2-9H,1H3,(H,17,20)/b16-9+. The third-order valence-electron chi connectivity index (χ3n) is 3.13. The van der Waals surface area contributed by atoms with E-state index >= 15 is 0 Å². The van der Waals surface area contributed by atoms with E-state index in [4.69, 9.17) is 0 Å². The van der Waals surface area contributed by atoms with Gasteiger partial charge in [0.2, 0.25) is 0 Å². The number of carbonyl (C=O) groups excluding carboxylic acids is 1. The number of benzene rings is 2. The third-order valence-corrected chi connectivity index (χ3v) is 3.13. The fourth-order valence-electron chi connectivity index (χ4n) is 1.89. The molecule has 0 saturated heterocycles. The van der Waals surface area contributed by atoms with Crippen LogP contribution in [0.5, 0.6) is 0 Å². The molecule has 1 N–H and O–H groups in total. The van der Waals surface area contributed by atoms with Crippen LogP contribution in [0.2, 0.25) is 0 Å². The largest absolute Gasteiger partial charge is 0.272 e. The molecule has 0 unspecified atom stereocenters. The normalized spacial score (nSPS) is 10.5. The van der Waals surface area contributed by atoms with Gasteiger partial charge in [0.05, 0.1) is 16.1 Å². The summed E-state index contributed by atoms with van der Waals surface area (Å²) < 4.78 is 0. The van der Waals surface area contributed by atoms with Crippen molar-refractivity contribution in [3.05, 3.63) is 79.4 Å². The molecule has 0 fully saturated rings.